The monoisotopic (exact) mass is 403 g/mol. The van der Waals surface area contributed by atoms with Gasteiger partial charge in [0.2, 0.25) is 0 Å². The van der Waals surface area contributed by atoms with E-state index in [9.17, 15) is 18.4 Å². The zero-order chi connectivity index (χ0) is 20.4. The maximum absolute atomic E-state index is 13.7. The lowest BCUT2D eigenvalue weighted by Gasteiger charge is -2.15. The van der Waals surface area contributed by atoms with Crippen LogP contribution in [0.3, 0.4) is 0 Å². The molecular formula is C21H19F2NO3S. The van der Waals surface area contributed by atoms with Crippen molar-refractivity contribution in [1.82, 2.24) is 0 Å². The Morgan fingerprint density at radius 2 is 1.68 bits per heavy atom. The van der Waals surface area contributed by atoms with Gasteiger partial charge in [0.05, 0.1) is 22.8 Å². The van der Waals surface area contributed by atoms with Gasteiger partial charge >= 0.3 is 0 Å². The fourth-order valence-corrected chi connectivity index (χ4v) is 3.84. The van der Waals surface area contributed by atoms with Gasteiger partial charge in [-0.2, -0.15) is 0 Å². The molecule has 146 valence electrons. The molecule has 0 radical (unpaired) electrons. The second-order valence-electron chi connectivity index (χ2n) is 6.37. The fourth-order valence-electron chi connectivity index (χ4n) is 2.85. The largest absolute Gasteiger partial charge is 0.494 e. The predicted molar refractivity (Wildman–Crippen MR) is 106 cm³/mol. The van der Waals surface area contributed by atoms with Crippen LogP contribution in [0.15, 0.2) is 47.4 Å². The lowest BCUT2D eigenvalue weighted by Crippen LogP contribution is -2.31. The summed E-state index contributed by atoms with van der Waals surface area (Å²) >= 11 is 1.27. The van der Waals surface area contributed by atoms with Crippen molar-refractivity contribution in [3.8, 4) is 5.75 Å². The highest BCUT2D eigenvalue weighted by Gasteiger charge is 2.40. The van der Waals surface area contributed by atoms with E-state index in [2.05, 4.69) is 0 Å². The van der Waals surface area contributed by atoms with E-state index >= 15 is 0 Å². The molecule has 2 aromatic rings. The molecule has 1 aliphatic heterocycles. The van der Waals surface area contributed by atoms with Gasteiger partial charge in [-0.1, -0.05) is 26.0 Å². The number of rotatable bonds is 6. The Morgan fingerprint density at radius 3 is 2.25 bits per heavy atom. The van der Waals surface area contributed by atoms with Crippen molar-refractivity contribution < 1.29 is 23.1 Å². The summed E-state index contributed by atoms with van der Waals surface area (Å²) in [7, 11) is 0. The van der Waals surface area contributed by atoms with Crippen molar-refractivity contribution in [3.05, 3.63) is 64.6 Å². The van der Waals surface area contributed by atoms with Gasteiger partial charge in [0.25, 0.3) is 11.8 Å². The number of carbonyl (C=O) groups is 2. The molecule has 0 saturated carbocycles. The van der Waals surface area contributed by atoms with Gasteiger partial charge in [0, 0.05) is 11.3 Å². The standard InChI is InChI=1S/C21H19F2NO3S/c1-4-27-15-8-5-13(6-9-15)18-19(28-12(2)3)21(26)24(20(18)25)14-7-10-16(22)17(23)11-14/h5-12H,4H2,1-3H3. The first kappa shape index (κ1) is 20.1. The molecule has 0 spiro atoms. The lowest BCUT2D eigenvalue weighted by atomic mass is 10.1. The third-order valence-corrected chi connectivity index (χ3v) is 5.10. The molecule has 0 atom stereocenters. The lowest BCUT2D eigenvalue weighted by molar-refractivity contribution is -0.119. The minimum absolute atomic E-state index is 0.00306. The molecule has 28 heavy (non-hydrogen) atoms. The second kappa shape index (κ2) is 8.14. The molecule has 7 heteroatoms. The van der Waals surface area contributed by atoms with Crippen LogP contribution in [0.2, 0.25) is 0 Å². The van der Waals surface area contributed by atoms with Gasteiger partial charge in [-0.05, 0) is 36.8 Å². The molecule has 2 aromatic carbocycles. The smallest absolute Gasteiger partial charge is 0.272 e. The number of ether oxygens (including phenoxy) is 1. The highest BCUT2D eigenvalue weighted by Crippen LogP contribution is 2.40. The van der Waals surface area contributed by atoms with E-state index in [1.807, 2.05) is 20.8 Å². The van der Waals surface area contributed by atoms with E-state index in [4.69, 9.17) is 4.74 Å². The molecule has 0 aliphatic carbocycles. The number of halogens is 2. The molecule has 0 bridgehead atoms. The van der Waals surface area contributed by atoms with E-state index < -0.39 is 23.4 Å². The third kappa shape index (κ3) is 3.80. The zero-order valence-corrected chi connectivity index (χ0v) is 16.5. The SMILES string of the molecule is CCOc1ccc(C2=C(SC(C)C)C(=O)N(c3ccc(F)c(F)c3)C2=O)cc1. The van der Waals surface area contributed by atoms with Crippen molar-refractivity contribution in [2.45, 2.75) is 26.0 Å². The van der Waals surface area contributed by atoms with E-state index in [1.165, 1.54) is 17.8 Å². The van der Waals surface area contributed by atoms with Crippen LogP contribution in [0.1, 0.15) is 26.3 Å². The number of imide groups is 1. The van der Waals surface area contributed by atoms with Crippen LogP contribution in [0.25, 0.3) is 5.57 Å². The number of hydrogen-bond acceptors (Lipinski definition) is 4. The summed E-state index contributed by atoms with van der Waals surface area (Å²) in [6.45, 7) is 6.20. The maximum atomic E-state index is 13.7. The number of thioether (sulfide) groups is 1. The van der Waals surface area contributed by atoms with E-state index in [-0.39, 0.29) is 21.4 Å². The zero-order valence-electron chi connectivity index (χ0n) is 15.7. The fraction of sp³-hybridized carbons (Fsp3) is 0.238. The first-order valence-electron chi connectivity index (χ1n) is 8.81. The number of carbonyl (C=O) groups excluding carboxylic acids is 2. The summed E-state index contributed by atoms with van der Waals surface area (Å²) in [6, 6.07) is 9.83. The first-order chi connectivity index (χ1) is 13.3. The maximum Gasteiger partial charge on any atom is 0.272 e. The normalized spacial score (nSPS) is 14.4. The van der Waals surface area contributed by atoms with Crippen LogP contribution in [-0.4, -0.2) is 23.7 Å². The van der Waals surface area contributed by atoms with Gasteiger partial charge in [0.1, 0.15) is 5.75 Å². The van der Waals surface area contributed by atoms with Crippen molar-refractivity contribution in [2.75, 3.05) is 11.5 Å². The summed E-state index contributed by atoms with van der Waals surface area (Å²) in [4.78, 5) is 27.3. The Balaban J connectivity index is 2.05. The number of benzene rings is 2. The topological polar surface area (TPSA) is 46.6 Å². The van der Waals surface area contributed by atoms with Crippen molar-refractivity contribution in [3.63, 3.8) is 0 Å². The quantitative estimate of drug-likeness (QED) is 0.651. The minimum atomic E-state index is -1.12. The molecule has 0 fully saturated rings. The van der Waals surface area contributed by atoms with Gasteiger partial charge < -0.3 is 4.74 Å². The summed E-state index contributed by atoms with van der Waals surface area (Å²) in [5.41, 5.74) is 0.809. The van der Waals surface area contributed by atoms with Crippen molar-refractivity contribution in [2.24, 2.45) is 0 Å². The Kier molecular flexibility index (Phi) is 5.84. The van der Waals surface area contributed by atoms with Crippen molar-refractivity contribution >= 4 is 34.8 Å². The van der Waals surface area contributed by atoms with Gasteiger partial charge in [-0.15, -0.1) is 11.8 Å². The Labute approximate surface area is 166 Å². The summed E-state index contributed by atoms with van der Waals surface area (Å²) in [5, 5.41) is 0.0503. The third-order valence-electron chi connectivity index (χ3n) is 4.01. The predicted octanol–water partition coefficient (Wildman–Crippen LogP) is 4.79. The molecule has 0 saturated heterocycles. The number of hydrogen-bond donors (Lipinski definition) is 0. The molecule has 1 aliphatic rings. The van der Waals surface area contributed by atoms with Gasteiger partial charge in [-0.3, -0.25) is 9.59 Å². The molecule has 0 aromatic heterocycles. The highest BCUT2D eigenvalue weighted by atomic mass is 32.2. The number of amides is 2. The highest BCUT2D eigenvalue weighted by molar-refractivity contribution is 8.04. The summed E-state index contributed by atoms with van der Waals surface area (Å²) in [5.74, 6) is -2.62. The summed E-state index contributed by atoms with van der Waals surface area (Å²) in [6.07, 6.45) is 0. The molecule has 1 heterocycles. The Hall–Kier alpha value is -2.67. The second-order valence-corrected chi connectivity index (χ2v) is 7.96. The van der Waals surface area contributed by atoms with E-state index in [1.54, 1.807) is 24.3 Å². The van der Waals surface area contributed by atoms with Crippen LogP contribution in [-0.2, 0) is 9.59 Å². The van der Waals surface area contributed by atoms with Gasteiger partial charge in [-0.25, -0.2) is 13.7 Å². The van der Waals surface area contributed by atoms with Crippen molar-refractivity contribution in [1.29, 1.82) is 0 Å². The average Bonchev–Trinajstić information content (AvgIpc) is 2.88. The molecule has 3 rings (SSSR count). The molecule has 2 amide bonds. The van der Waals surface area contributed by atoms with Crippen LogP contribution >= 0.6 is 11.8 Å². The minimum Gasteiger partial charge on any atom is -0.494 e. The summed E-state index contributed by atoms with van der Waals surface area (Å²) < 4.78 is 32.4. The number of anilines is 1. The van der Waals surface area contributed by atoms with E-state index in [0.717, 1.165) is 17.0 Å². The Morgan fingerprint density at radius 1 is 1.00 bits per heavy atom. The molecule has 4 nitrogen and oxygen atoms in total. The molecule has 0 unspecified atom stereocenters. The Bertz CT molecular complexity index is 955. The van der Waals surface area contributed by atoms with Crippen LogP contribution < -0.4 is 9.64 Å². The van der Waals surface area contributed by atoms with Crippen LogP contribution in [0.5, 0.6) is 5.75 Å². The first-order valence-corrected chi connectivity index (χ1v) is 9.69. The molecular weight excluding hydrogens is 384 g/mol. The van der Waals surface area contributed by atoms with E-state index in [0.29, 0.717) is 17.9 Å². The number of nitrogens with zero attached hydrogens (tertiary/aromatic N) is 1. The molecule has 0 N–H and O–H groups in total. The van der Waals surface area contributed by atoms with Crippen LogP contribution in [0, 0.1) is 11.6 Å². The average molecular weight is 403 g/mol. The van der Waals surface area contributed by atoms with Gasteiger partial charge in [0.15, 0.2) is 11.6 Å². The van der Waals surface area contributed by atoms with Crippen LogP contribution in [0.4, 0.5) is 14.5 Å².